The predicted molar refractivity (Wildman–Crippen MR) is 110 cm³/mol. The zero-order chi connectivity index (χ0) is 20.7. The number of sulfonamides is 1. The van der Waals surface area contributed by atoms with Gasteiger partial charge in [-0.3, -0.25) is 0 Å². The largest absolute Gasteiger partial charge is 0.417 e. The van der Waals surface area contributed by atoms with E-state index < -0.39 is 32.8 Å². The maximum absolute atomic E-state index is 13.1. The first kappa shape index (κ1) is 21.4. The highest BCUT2D eigenvalue weighted by Crippen LogP contribution is 2.36. The van der Waals surface area contributed by atoms with Gasteiger partial charge in [-0.15, -0.1) is 0 Å². The maximum Gasteiger partial charge on any atom is 0.417 e. The zero-order valence-electron chi connectivity index (χ0n) is 14.5. The summed E-state index contributed by atoms with van der Waals surface area (Å²) in [5, 5.41) is 3.79. The van der Waals surface area contributed by atoms with Crippen LogP contribution in [0.3, 0.4) is 0 Å². The second-order valence-corrected chi connectivity index (χ2v) is 9.81. The Morgan fingerprint density at radius 3 is 2.43 bits per heavy atom. The molecular formula is C18H15ClF3IN2O2S. The number of alkyl halides is 3. The van der Waals surface area contributed by atoms with Crippen LogP contribution in [0.5, 0.6) is 0 Å². The second kappa shape index (κ2) is 7.83. The van der Waals surface area contributed by atoms with Gasteiger partial charge in [-0.25, -0.2) is 0 Å². The van der Waals surface area contributed by atoms with Crippen LogP contribution in [0.25, 0.3) is 0 Å². The summed E-state index contributed by atoms with van der Waals surface area (Å²) in [6.07, 6.45) is -3.81. The topological polar surface area (TPSA) is 49.7 Å². The quantitative estimate of drug-likeness (QED) is 0.478. The van der Waals surface area contributed by atoms with E-state index in [2.05, 4.69) is 27.7 Å². The molecule has 10 heteroatoms. The molecule has 0 aliphatic carbocycles. The summed E-state index contributed by atoms with van der Waals surface area (Å²) in [5.41, 5.74) is -0.499. The standard InChI is InChI=1S/C18H15ClF3IN2O2S/c1-11-2-9-17(12-3-8-16(19)15(10-12)18(20,21)22)24-25(11)28(26,27)14-6-4-13(23)5-7-14/h3-8,10-11H,2,9H2,1H3/t11-/m0/s1. The maximum atomic E-state index is 13.1. The van der Waals surface area contributed by atoms with Crippen LogP contribution >= 0.6 is 34.2 Å². The number of hydrogen-bond acceptors (Lipinski definition) is 3. The highest BCUT2D eigenvalue weighted by Gasteiger charge is 2.35. The number of hydrazone groups is 1. The zero-order valence-corrected chi connectivity index (χ0v) is 18.3. The molecule has 0 N–H and O–H groups in total. The number of benzene rings is 2. The van der Waals surface area contributed by atoms with Crippen molar-refractivity contribution in [2.45, 2.75) is 36.9 Å². The molecule has 4 nitrogen and oxygen atoms in total. The van der Waals surface area contributed by atoms with Crippen LogP contribution in [-0.4, -0.2) is 24.6 Å². The second-order valence-electron chi connectivity index (χ2n) is 6.36. The number of nitrogens with zero attached hydrogens (tertiary/aromatic N) is 2. The Hall–Kier alpha value is -1.33. The van der Waals surface area contributed by atoms with Gasteiger partial charge in [0.2, 0.25) is 0 Å². The molecule has 3 rings (SSSR count). The van der Waals surface area contributed by atoms with Crippen LogP contribution in [0.2, 0.25) is 5.02 Å². The molecule has 0 fully saturated rings. The van der Waals surface area contributed by atoms with Crippen molar-refractivity contribution in [1.82, 2.24) is 4.41 Å². The average Bonchev–Trinajstić information content (AvgIpc) is 2.62. The SMILES string of the molecule is C[C@H]1CCC(c2ccc(Cl)c(C(F)(F)F)c2)=NN1S(=O)(=O)c1ccc(I)cc1. The molecule has 0 saturated heterocycles. The van der Waals surface area contributed by atoms with Gasteiger partial charge in [-0.1, -0.05) is 17.7 Å². The molecule has 0 amide bonds. The first-order valence-electron chi connectivity index (χ1n) is 8.25. The van der Waals surface area contributed by atoms with Gasteiger partial charge < -0.3 is 0 Å². The molecule has 0 radical (unpaired) electrons. The van der Waals surface area contributed by atoms with Crippen LogP contribution < -0.4 is 0 Å². The number of halogens is 5. The van der Waals surface area contributed by atoms with Crippen LogP contribution in [-0.2, 0) is 16.2 Å². The molecule has 1 aliphatic rings. The van der Waals surface area contributed by atoms with Crippen LogP contribution in [0.4, 0.5) is 13.2 Å². The molecule has 1 atom stereocenters. The van der Waals surface area contributed by atoms with E-state index >= 15 is 0 Å². The van der Waals surface area contributed by atoms with Crippen molar-refractivity contribution in [2.24, 2.45) is 5.10 Å². The molecule has 0 saturated carbocycles. The minimum atomic E-state index is -4.61. The summed E-state index contributed by atoms with van der Waals surface area (Å²) in [4.78, 5) is 0.0804. The molecule has 1 heterocycles. The summed E-state index contributed by atoms with van der Waals surface area (Å²) in [5.74, 6) is 0. The van der Waals surface area contributed by atoms with Crippen molar-refractivity contribution in [3.63, 3.8) is 0 Å². The van der Waals surface area contributed by atoms with Crippen LogP contribution in [0.1, 0.15) is 30.9 Å². The Labute approximate surface area is 179 Å². The summed E-state index contributed by atoms with van der Waals surface area (Å²) >= 11 is 7.74. The summed E-state index contributed by atoms with van der Waals surface area (Å²) in [7, 11) is -3.92. The van der Waals surface area contributed by atoms with Crippen LogP contribution in [0.15, 0.2) is 52.5 Å². The van der Waals surface area contributed by atoms with Crippen molar-refractivity contribution in [3.8, 4) is 0 Å². The number of rotatable bonds is 3. The Morgan fingerprint density at radius 2 is 1.82 bits per heavy atom. The Bertz CT molecular complexity index is 1020. The van der Waals surface area contributed by atoms with E-state index in [1.54, 1.807) is 19.1 Å². The lowest BCUT2D eigenvalue weighted by Gasteiger charge is -2.31. The highest BCUT2D eigenvalue weighted by molar-refractivity contribution is 14.1. The van der Waals surface area contributed by atoms with Crippen molar-refractivity contribution < 1.29 is 21.6 Å². The Morgan fingerprint density at radius 1 is 1.18 bits per heavy atom. The van der Waals surface area contributed by atoms with Gasteiger partial charge >= 0.3 is 6.18 Å². The minimum absolute atomic E-state index is 0.0804. The van der Waals surface area contributed by atoms with E-state index in [1.807, 2.05) is 0 Å². The van der Waals surface area contributed by atoms with E-state index in [0.717, 1.165) is 20.1 Å². The fourth-order valence-corrected chi connectivity index (χ4v) is 4.92. The lowest BCUT2D eigenvalue weighted by atomic mass is 10.00. The van der Waals surface area contributed by atoms with E-state index in [0.29, 0.717) is 12.8 Å². The average molecular weight is 543 g/mol. The van der Waals surface area contributed by atoms with E-state index in [-0.39, 0.29) is 16.2 Å². The fourth-order valence-electron chi connectivity index (χ4n) is 2.85. The molecule has 150 valence electrons. The van der Waals surface area contributed by atoms with Crippen molar-refractivity contribution in [2.75, 3.05) is 0 Å². The van der Waals surface area contributed by atoms with Gasteiger partial charge in [0.05, 0.1) is 27.2 Å². The molecule has 0 bridgehead atoms. The summed E-state index contributed by atoms with van der Waals surface area (Å²) in [6, 6.07) is 9.37. The van der Waals surface area contributed by atoms with E-state index in [1.165, 1.54) is 18.2 Å². The first-order valence-corrected chi connectivity index (χ1v) is 11.1. The Balaban J connectivity index is 2.04. The van der Waals surface area contributed by atoms with E-state index in [4.69, 9.17) is 11.6 Å². The third-order valence-electron chi connectivity index (χ3n) is 4.36. The van der Waals surface area contributed by atoms with E-state index in [9.17, 15) is 21.6 Å². The van der Waals surface area contributed by atoms with Crippen molar-refractivity contribution >= 4 is 49.9 Å². The first-order chi connectivity index (χ1) is 13.0. The summed E-state index contributed by atoms with van der Waals surface area (Å²) < 4.78 is 67.3. The molecule has 0 unspecified atom stereocenters. The third kappa shape index (κ3) is 4.30. The molecule has 0 spiro atoms. The molecule has 2 aromatic carbocycles. The van der Waals surface area contributed by atoms with Gasteiger partial charge in [-0.2, -0.15) is 31.1 Å². The van der Waals surface area contributed by atoms with Crippen molar-refractivity contribution in [1.29, 1.82) is 0 Å². The third-order valence-corrected chi connectivity index (χ3v) is 7.21. The van der Waals surface area contributed by atoms with Crippen molar-refractivity contribution in [3.05, 3.63) is 62.2 Å². The fraction of sp³-hybridized carbons (Fsp3) is 0.278. The van der Waals surface area contributed by atoms with Gasteiger partial charge in [0.15, 0.2) is 0 Å². The smallest absolute Gasteiger partial charge is 0.200 e. The molecule has 1 aliphatic heterocycles. The van der Waals surface area contributed by atoms with Gasteiger partial charge in [0.25, 0.3) is 10.0 Å². The monoisotopic (exact) mass is 542 g/mol. The predicted octanol–water partition coefficient (Wildman–Crippen LogP) is 5.54. The molecule has 2 aromatic rings. The van der Waals surface area contributed by atoms with Gasteiger partial charge in [0, 0.05) is 3.57 Å². The molecular weight excluding hydrogens is 528 g/mol. The highest BCUT2D eigenvalue weighted by atomic mass is 127. The molecule has 0 aromatic heterocycles. The molecule has 28 heavy (non-hydrogen) atoms. The number of hydrogen-bond donors (Lipinski definition) is 0. The van der Waals surface area contributed by atoms with Crippen LogP contribution in [0, 0.1) is 3.57 Å². The summed E-state index contributed by atoms with van der Waals surface area (Å²) in [6.45, 7) is 1.72. The lowest BCUT2D eigenvalue weighted by molar-refractivity contribution is -0.137. The lowest BCUT2D eigenvalue weighted by Crippen LogP contribution is -2.38. The normalized spacial score (nSPS) is 18.1. The van der Waals surface area contributed by atoms with Gasteiger partial charge in [-0.05, 0) is 84.3 Å². The Kier molecular flexibility index (Phi) is 5.98. The van der Waals surface area contributed by atoms with Gasteiger partial charge in [0.1, 0.15) is 0 Å². The minimum Gasteiger partial charge on any atom is -0.200 e.